The minimum absolute atomic E-state index is 0.0894. The summed E-state index contributed by atoms with van der Waals surface area (Å²) in [6, 6.07) is 12.1. The van der Waals surface area contributed by atoms with Crippen LogP contribution in [0.5, 0.6) is 0 Å². The van der Waals surface area contributed by atoms with Crippen LogP contribution in [0.3, 0.4) is 0 Å². The van der Waals surface area contributed by atoms with Gasteiger partial charge in [-0.1, -0.05) is 42.0 Å². The normalized spacial score (nSPS) is 17.7. The van der Waals surface area contributed by atoms with Crippen LogP contribution in [0.1, 0.15) is 28.3 Å². The molecule has 0 amide bonds. The zero-order valence-electron chi connectivity index (χ0n) is 11.0. The molecule has 0 saturated heterocycles. The highest BCUT2D eigenvalue weighted by Crippen LogP contribution is 2.43. The molecule has 0 radical (unpaired) electrons. The molecule has 1 aliphatic heterocycles. The lowest BCUT2D eigenvalue weighted by Crippen LogP contribution is -2.10. The van der Waals surface area contributed by atoms with Crippen LogP contribution in [0, 0.1) is 6.92 Å². The molecule has 0 spiro atoms. The van der Waals surface area contributed by atoms with E-state index in [0.717, 1.165) is 22.8 Å². The number of benzene rings is 2. The van der Waals surface area contributed by atoms with Crippen molar-refractivity contribution in [3.8, 4) is 0 Å². The predicted molar refractivity (Wildman–Crippen MR) is 72.7 cm³/mol. The molecule has 2 aromatic carbocycles. The zero-order chi connectivity index (χ0) is 14.3. The molecule has 1 heterocycles. The molecule has 2 aromatic rings. The molecule has 0 fully saturated rings. The van der Waals surface area contributed by atoms with Gasteiger partial charge in [-0.15, -0.1) is 0 Å². The van der Waals surface area contributed by atoms with Gasteiger partial charge in [-0.05, 0) is 30.5 Å². The molecule has 0 bridgehead atoms. The Kier molecular flexibility index (Phi) is 2.96. The second-order valence-electron chi connectivity index (χ2n) is 5.15. The zero-order valence-corrected chi connectivity index (χ0v) is 11.0. The van der Waals surface area contributed by atoms with Gasteiger partial charge in [0, 0.05) is 0 Å². The number of halogens is 3. The van der Waals surface area contributed by atoms with Crippen LogP contribution >= 0.6 is 0 Å². The van der Waals surface area contributed by atoms with Crippen molar-refractivity contribution in [2.24, 2.45) is 0 Å². The van der Waals surface area contributed by atoms with E-state index in [9.17, 15) is 13.2 Å². The Morgan fingerprint density at radius 1 is 1.10 bits per heavy atom. The number of hydrogen-bond acceptors (Lipinski definition) is 1. The Balaban J connectivity index is 1.97. The fraction of sp³-hybridized carbons (Fsp3) is 0.250. The van der Waals surface area contributed by atoms with Crippen molar-refractivity contribution in [3.63, 3.8) is 0 Å². The van der Waals surface area contributed by atoms with Crippen molar-refractivity contribution < 1.29 is 13.2 Å². The molecule has 3 rings (SSSR count). The highest BCUT2D eigenvalue weighted by molar-refractivity contribution is 5.64. The standard InChI is InChI=1S/C16H14F3N/c1-10-4-2-5-11(8-10)14-9-12-6-3-7-13(15(12)20-14)16(17,18)19/h2-8,14,20H,9H2,1H3. The maximum atomic E-state index is 13.0. The first-order valence-electron chi connectivity index (χ1n) is 6.47. The number of alkyl halides is 3. The lowest BCUT2D eigenvalue weighted by molar-refractivity contribution is -0.136. The van der Waals surface area contributed by atoms with Gasteiger partial charge in [-0.2, -0.15) is 13.2 Å². The van der Waals surface area contributed by atoms with Gasteiger partial charge in [0.15, 0.2) is 0 Å². The molecule has 1 unspecified atom stereocenters. The summed E-state index contributed by atoms with van der Waals surface area (Å²) in [6.07, 6.45) is -3.73. The average Bonchev–Trinajstić information content (AvgIpc) is 2.81. The number of aryl methyl sites for hydroxylation is 1. The van der Waals surface area contributed by atoms with E-state index in [1.807, 2.05) is 31.2 Å². The second kappa shape index (κ2) is 4.54. The molecule has 0 aromatic heterocycles. The first kappa shape index (κ1) is 13.0. The van der Waals surface area contributed by atoms with Gasteiger partial charge >= 0.3 is 6.18 Å². The maximum absolute atomic E-state index is 13.0. The first-order chi connectivity index (χ1) is 9.45. The number of para-hydroxylation sites is 1. The maximum Gasteiger partial charge on any atom is 0.418 e. The molecular formula is C16H14F3N. The Labute approximate surface area is 115 Å². The molecule has 0 aliphatic carbocycles. The van der Waals surface area contributed by atoms with Crippen LogP contribution in [-0.4, -0.2) is 0 Å². The second-order valence-corrected chi connectivity index (χ2v) is 5.15. The van der Waals surface area contributed by atoms with E-state index in [4.69, 9.17) is 0 Å². The van der Waals surface area contributed by atoms with Gasteiger partial charge in [0.2, 0.25) is 0 Å². The minimum Gasteiger partial charge on any atom is -0.377 e. The lowest BCUT2D eigenvalue weighted by atomic mass is 10.0. The van der Waals surface area contributed by atoms with E-state index in [1.54, 1.807) is 6.07 Å². The number of fused-ring (bicyclic) bond motifs is 1. The highest BCUT2D eigenvalue weighted by atomic mass is 19.4. The third kappa shape index (κ3) is 2.26. The van der Waals surface area contributed by atoms with Gasteiger partial charge in [0.1, 0.15) is 0 Å². The van der Waals surface area contributed by atoms with Crippen molar-refractivity contribution in [1.29, 1.82) is 0 Å². The molecule has 4 heteroatoms. The van der Waals surface area contributed by atoms with Crippen molar-refractivity contribution in [2.75, 3.05) is 5.32 Å². The molecular weight excluding hydrogens is 263 g/mol. The summed E-state index contributed by atoms with van der Waals surface area (Å²) in [5.41, 5.74) is 2.51. The van der Waals surface area contributed by atoms with Crippen molar-refractivity contribution in [1.82, 2.24) is 0 Å². The van der Waals surface area contributed by atoms with Crippen molar-refractivity contribution in [3.05, 3.63) is 64.7 Å². The smallest absolute Gasteiger partial charge is 0.377 e. The largest absolute Gasteiger partial charge is 0.418 e. The van der Waals surface area contributed by atoms with Crippen molar-refractivity contribution in [2.45, 2.75) is 25.6 Å². The van der Waals surface area contributed by atoms with Crippen LogP contribution in [0.4, 0.5) is 18.9 Å². The van der Waals surface area contributed by atoms with Crippen LogP contribution in [0.2, 0.25) is 0 Å². The van der Waals surface area contributed by atoms with Crippen LogP contribution in [0.15, 0.2) is 42.5 Å². The summed E-state index contributed by atoms with van der Waals surface area (Å²) < 4.78 is 39.0. The van der Waals surface area contributed by atoms with Crippen LogP contribution in [-0.2, 0) is 12.6 Å². The molecule has 1 aliphatic rings. The Bertz CT molecular complexity index is 646. The van der Waals surface area contributed by atoms with E-state index < -0.39 is 11.7 Å². The number of hydrogen-bond donors (Lipinski definition) is 1. The summed E-state index contributed by atoms with van der Waals surface area (Å²) in [4.78, 5) is 0. The van der Waals surface area contributed by atoms with E-state index in [-0.39, 0.29) is 11.7 Å². The Hall–Kier alpha value is -1.97. The van der Waals surface area contributed by atoms with Gasteiger partial charge in [-0.3, -0.25) is 0 Å². The highest BCUT2D eigenvalue weighted by Gasteiger charge is 2.37. The first-order valence-corrected chi connectivity index (χ1v) is 6.47. The summed E-state index contributed by atoms with van der Waals surface area (Å²) in [7, 11) is 0. The molecule has 1 atom stereocenters. The SMILES string of the molecule is Cc1cccc(C2Cc3cccc(C(F)(F)F)c3N2)c1. The van der Waals surface area contributed by atoms with E-state index >= 15 is 0 Å². The van der Waals surface area contributed by atoms with Crippen molar-refractivity contribution >= 4 is 5.69 Å². The van der Waals surface area contributed by atoms with Gasteiger partial charge in [0.25, 0.3) is 0 Å². The quantitative estimate of drug-likeness (QED) is 0.795. The Morgan fingerprint density at radius 2 is 1.85 bits per heavy atom. The van der Waals surface area contributed by atoms with Gasteiger partial charge < -0.3 is 5.32 Å². The fourth-order valence-corrected chi connectivity index (χ4v) is 2.71. The molecule has 20 heavy (non-hydrogen) atoms. The summed E-state index contributed by atoms with van der Waals surface area (Å²) in [5.74, 6) is 0. The molecule has 1 N–H and O–H groups in total. The molecule has 1 nitrogen and oxygen atoms in total. The fourth-order valence-electron chi connectivity index (χ4n) is 2.71. The summed E-state index contributed by atoms with van der Waals surface area (Å²) in [6.45, 7) is 1.98. The topological polar surface area (TPSA) is 12.0 Å². The van der Waals surface area contributed by atoms with E-state index in [2.05, 4.69) is 5.32 Å². The number of anilines is 1. The third-order valence-corrected chi connectivity index (χ3v) is 3.64. The number of rotatable bonds is 1. The summed E-state index contributed by atoms with van der Waals surface area (Å²) in [5, 5.41) is 3.03. The van der Waals surface area contributed by atoms with E-state index in [1.165, 1.54) is 6.07 Å². The van der Waals surface area contributed by atoms with Crippen LogP contribution in [0.25, 0.3) is 0 Å². The third-order valence-electron chi connectivity index (χ3n) is 3.64. The minimum atomic E-state index is -4.32. The van der Waals surface area contributed by atoms with E-state index in [0.29, 0.717) is 6.42 Å². The van der Waals surface area contributed by atoms with Crippen LogP contribution < -0.4 is 5.32 Å². The molecule has 0 saturated carbocycles. The predicted octanol–water partition coefficient (Wildman–Crippen LogP) is 4.72. The Morgan fingerprint density at radius 3 is 2.55 bits per heavy atom. The van der Waals surface area contributed by atoms with Gasteiger partial charge in [0.05, 0.1) is 17.3 Å². The van der Waals surface area contributed by atoms with Gasteiger partial charge in [-0.25, -0.2) is 0 Å². The molecule has 104 valence electrons. The average molecular weight is 277 g/mol. The lowest BCUT2D eigenvalue weighted by Gasteiger charge is -2.15. The summed E-state index contributed by atoms with van der Waals surface area (Å²) >= 11 is 0. The monoisotopic (exact) mass is 277 g/mol. The number of nitrogens with one attached hydrogen (secondary N) is 1.